The average Bonchev–Trinajstić information content (AvgIpc) is 2.49. The third-order valence-electron chi connectivity index (χ3n) is 2.99. The van der Waals surface area contributed by atoms with E-state index in [0.717, 1.165) is 0 Å². The van der Waals surface area contributed by atoms with E-state index >= 15 is 0 Å². The first-order valence-corrected chi connectivity index (χ1v) is 8.53. The topological polar surface area (TPSA) is 43.4 Å². The fourth-order valence-electron chi connectivity index (χ4n) is 1.85. The van der Waals surface area contributed by atoms with E-state index in [1.54, 1.807) is 30.9 Å². The van der Waals surface area contributed by atoms with Crippen molar-refractivity contribution in [3.63, 3.8) is 0 Å². The summed E-state index contributed by atoms with van der Waals surface area (Å²) in [7, 11) is -2.84. The second kappa shape index (κ2) is 6.65. The van der Waals surface area contributed by atoms with Crippen molar-refractivity contribution in [1.29, 1.82) is 0 Å². The van der Waals surface area contributed by atoms with Crippen LogP contribution in [0.25, 0.3) is 0 Å². The van der Waals surface area contributed by atoms with Gasteiger partial charge in [0.25, 0.3) is 0 Å². The monoisotopic (exact) mass is 288 g/mol. The van der Waals surface area contributed by atoms with Crippen LogP contribution in [0.2, 0.25) is 0 Å². The van der Waals surface area contributed by atoms with Gasteiger partial charge in [0.05, 0.1) is 6.61 Å². The van der Waals surface area contributed by atoms with Crippen LogP contribution >= 0.6 is 7.37 Å². The van der Waals surface area contributed by atoms with Gasteiger partial charge in [-0.2, -0.15) is 0 Å². The minimum absolute atomic E-state index is 0.00124. The van der Waals surface area contributed by atoms with Crippen LogP contribution in [0.4, 0.5) is 0 Å². The van der Waals surface area contributed by atoms with Crippen molar-refractivity contribution in [3.8, 4) is 0 Å². The highest BCUT2D eigenvalue weighted by Crippen LogP contribution is 2.41. The Labute approximate surface area is 119 Å². The van der Waals surface area contributed by atoms with E-state index in [9.17, 15) is 9.36 Å². The zero-order valence-corrected chi connectivity index (χ0v) is 12.3. The van der Waals surface area contributed by atoms with Crippen LogP contribution in [-0.4, -0.2) is 19.1 Å². The van der Waals surface area contributed by atoms with Gasteiger partial charge < -0.3 is 4.52 Å². The Morgan fingerprint density at radius 1 is 1.00 bits per heavy atom. The molecule has 2 rings (SSSR count). The average molecular weight is 288 g/mol. The first-order valence-electron chi connectivity index (χ1n) is 6.45. The summed E-state index contributed by atoms with van der Waals surface area (Å²) in [5.74, 6) is -0.00124. The normalized spacial score (nSPS) is 13.7. The first-order chi connectivity index (χ1) is 9.59. The van der Waals surface area contributed by atoms with Crippen molar-refractivity contribution in [1.82, 2.24) is 0 Å². The van der Waals surface area contributed by atoms with Crippen molar-refractivity contribution in [2.24, 2.45) is 0 Å². The Morgan fingerprint density at radius 2 is 1.55 bits per heavy atom. The maximum atomic E-state index is 12.4. The van der Waals surface area contributed by atoms with E-state index in [1.165, 1.54) is 0 Å². The molecule has 0 aromatic heterocycles. The molecule has 104 valence electrons. The first kappa shape index (κ1) is 14.7. The number of benzene rings is 2. The van der Waals surface area contributed by atoms with Crippen LogP contribution in [0, 0.1) is 0 Å². The van der Waals surface area contributed by atoms with E-state index in [-0.39, 0.29) is 18.8 Å². The molecular formula is C16H17O3P. The standard InChI is InChI=1S/C16H17O3P/c1-20(18,15-10-6-3-7-11-15)19-13-12-16(17)14-8-4-2-5-9-14/h2-11H,12-13H2,1H3. The number of hydrogen-bond donors (Lipinski definition) is 0. The Balaban J connectivity index is 1.90. The predicted molar refractivity (Wildman–Crippen MR) is 80.9 cm³/mol. The lowest BCUT2D eigenvalue weighted by Crippen LogP contribution is -2.09. The fraction of sp³-hybridized carbons (Fsp3) is 0.188. The van der Waals surface area contributed by atoms with Gasteiger partial charge in [0.1, 0.15) is 0 Å². The van der Waals surface area contributed by atoms with E-state index < -0.39 is 7.37 Å². The molecule has 0 radical (unpaired) electrons. The molecule has 0 heterocycles. The van der Waals surface area contributed by atoms with E-state index in [4.69, 9.17) is 4.52 Å². The lowest BCUT2D eigenvalue weighted by atomic mass is 10.1. The molecule has 0 saturated carbocycles. The molecular weight excluding hydrogens is 271 g/mol. The molecule has 20 heavy (non-hydrogen) atoms. The summed E-state index contributed by atoms with van der Waals surface area (Å²) in [4.78, 5) is 11.9. The lowest BCUT2D eigenvalue weighted by molar-refractivity contribution is 0.0964. The highest BCUT2D eigenvalue weighted by atomic mass is 31.2. The third-order valence-corrected chi connectivity index (χ3v) is 4.90. The highest BCUT2D eigenvalue weighted by Gasteiger charge is 2.19. The number of carbonyl (C=O) groups is 1. The number of hydrogen-bond acceptors (Lipinski definition) is 3. The van der Waals surface area contributed by atoms with Crippen LogP contribution in [0.15, 0.2) is 60.7 Å². The number of ketones is 1. The van der Waals surface area contributed by atoms with Gasteiger partial charge in [0.2, 0.25) is 7.37 Å². The zero-order valence-electron chi connectivity index (χ0n) is 11.4. The molecule has 1 unspecified atom stereocenters. The maximum Gasteiger partial charge on any atom is 0.229 e. The summed E-state index contributed by atoms with van der Waals surface area (Å²) in [6.45, 7) is 1.74. The Bertz CT molecular complexity index is 608. The van der Waals surface area contributed by atoms with Crippen molar-refractivity contribution in [2.75, 3.05) is 13.3 Å². The van der Waals surface area contributed by atoms with E-state index in [2.05, 4.69) is 0 Å². The molecule has 0 amide bonds. The van der Waals surface area contributed by atoms with Gasteiger partial charge in [-0.25, -0.2) is 0 Å². The quantitative estimate of drug-likeness (QED) is 0.603. The Hall–Kier alpha value is -1.70. The van der Waals surface area contributed by atoms with Crippen LogP contribution in [-0.2, 0) is 9.09 Å². The van der Waals surface area contributed by atoms with Crippen molar-refractivity contribution >= 4 is 18.5 Å². The van der Waals surface area contributed by atoms with Crippen LogP contribution < -0.4 is 5.30 Å². The molecule has 0 N–H and O–H groups in total. The maximum absolute atomic E-state index is 12.4. The molecule has 0 bridgehead atoms. The number of carbonyl (C=O) groups excluding carboxylic acids is 1. The Morgan fingerprint density at radius 3 is 2.15 bits per heavy atom. The summed E-state index contributed by atoms with van der Waals surface area (Å²) in [6, 6.07) is 18.1. The summed E-state index contributed by atoms with van der Waals surface area (Å²) < 4.78 is 17.8. The molecule has 2 aromatic carbocycles. The minimum Gasteiger partial charge on any atom is -0.325 e. The molecule has 0 aliphatic rings. The SMILES string of the molecule is CP(=O)(OCCC(=O)c1ccccc1)c1ccccc1. The molecule has 0 fully saturated rings. The van der Waals surface area contributed by atoms with Crippen LogP contribution in [0.3, 0.4) is 0 Å². The minimum atomic E-state index is -2.84. The molecule has 0 saturated heterocycles. The molecule has 3 nitrogen and oxygen atoms in total. The van der Waals surface area contributed by atoms with Crippen LogP contribution in [0.1, 0.15) is 16.8 Å². The van der Waals surface area contributed by atoms with Crippen molar-refractivity contribution in [3.05, 3.63) is 66.2 Å². The summed E-state index contributed by atoms with van der Waals surface area (Å²) in [6.07, 6.45) is 0.231. The van der Waals surface area contributed by atoms with Crippen molar-refractivity contribution in [2.45, 2.75) is 6.42 Å². The van der Waals surface area contributed by atoms with E-state index in [0.29, 0.717) is 10.9 Å². The molecule has 0 spiro atoms. The number of rotatable bonds is 6. The zero-order chi connectivity index (χ0) is 14.4. The number of Topliss-reactive ketones (excluding diaryl/α,β-unsaturated/α-hetero) is 1. The molecule has 0 aliphatic heterocycles. The molecule has 0 aliphatic carbocycles. The second-order valence-electron chi connectivity index (χ2n) is 4.55. The molecule has 4 heteroatoms. The van der Waals surface area contributed by atoms with Gasteiger partial charge in [-0.1, -0.05) is 48.5 Å². The van der Waals surface area contributed by atoms with Gasteiger partial charge in [0, 0.05) is 24.0 Å². The summed E-state index contributed by atoms with van der Waals surface area (Å²) in [5.41, 5.74) is 0.654. The predicted octanol–water partition coefficient (Wildman–Crippen LogP) is 3.51. The molecule has 1 atom stereocenters. The lowest BCUT2D eigenvalue weighted by Gasteiger charge is -2.13. The molecule has 2 aromatic rings. The Kier molecular flexibility index (Phi) is 4.89. The second-order valence-corrected chi connectivity index (χ2v) is 7.02. The summed E-state index contributed by atoms with van der Waals surface area (Å²) in [5, 5.41) is 0.673. The third kappa shape index (κ3) is 3.89. The highest BCUT2D eigenvalue weighted by molar-refractivity contribution is 7.66. The smallest absolute Gasteiger partial charge is 0.229 e. The summed E-state index contributed by atoms with van der Waals surface area (Å²) >= 11 is 0. The van der Waals surface area contributed by atoms with E-state index in [1.807, 2.05) is 36.4 Å². The van der Waals surface area contributed by atoms with Gasteiger partial charge >= 0.3 is 0 Å². The fourth-order valence-corrected chi connectivity index (χ4v) is 3.16. The van der Waals surface area contributed by atoms with Gasteiger partial charge in [-0.15, -0.1) is 0 Å². The van der Waals surface area contributed by atoms with Crippen molar-refractivity contribution < 1.29 is 13.9 Å². The van der Waals surface area contributed by atoms with Gasteiger partial charge in [0.15, 0.2) is 5.78 Å². The van der Waals surface area contributed by atoms with Gasteiger partial charge in [-0.3, -0.25) is 9.36 Å². The van der Waals surface area contributed by atoms with Gasteiger partial charge in [-0.05, 0) is 12.1 Å². The van der Waals surface area contributed by atoms with Crippen LogP contribution in [0.5, 0.6) is 0 Å². The largest absolute Gasteiger partial charge is 0.325 e.